The van der Waals surface area contributed by atoms with Crippen LogP contribution in [0.3, 0.4) is 0 Å². The summed E-state index contributed by atoms with van der Waals surface area (Å²) in [4.78, 5) is 27.0. The Labute approximate surface area is 178 Å². The zero-order valence-corrected chi connectivity index (χ0v) is 18.1. The second-order valence-electron chi connectivity index (χ2n) is 8.92. The lowest BCUT2D eigenvalue weighted by atomic mass is 9.81. The minimum absolute atomic E-state index is 0.0422. The average Bonchev–Trinajstić information content (AvgIpc) is 3.49. The van der Waals surface area contributed by atoms with Crippen LogP contribution < -0.4 is 4.90 Å². The molecule has 0 atom stereocenters. The topological polar surface area (TPSA) is 64.4 Å². The Hall–Kier alpha value is -2.63. The smallest absolute Gasteiger partial charge is 0.309 e. The van der Waals surface area contributed by atoms with E-state index in [1.165, 1.54) is 12.8 Å². The van der Waals surface area contributed by atoms with Gasteiger partial charge in [-0.1, -0.05) is 12.1 Å². The van der Waals surface area contributed by atoms with Crippen LogP contribution in [-0.4, -0.2) is 34.8 Å². The van der Waals surface area contributed by atoms with Crippen LogP contribution in [0.4, 0.5) is 5.69 Å². The van der Waals surface area contributed by atoms with E-state index in [1.807, 2.05) is 43.9 Å². The van der Waals surface area contributed by atoms with Crippen molar-refractivity contribution in [2.45, 2.75) is 64.5 Å². The SMILES string of the molecule is CC(C)OC(=O)C1CCC(C(=O)N(C)c2cccc(-c3cnn(C4CC4)c3)c2)CC1. The summed E-state index contributed by atoms with van der Waals surface area (Å²) in [7, 11) is 1.84. The van der Waals surface area contributed by atoms with Gasteiger partial charge < -0.3 is 9.64 Å². The van der Waals surface area contributed by atoms with Crippen molar-refractivity contribution >= 4 is 17.6 Å². The maximum atomic E-state index is 13.1. The van der Waals surface area contributed by atoms with Gasteiger partial charge in [0.2, 0.25) is 5.91 Å². The molecule has 2 aliphatic carbocycles. The molecule has 6 nitrogen and oxygen atoms in total. The van der Waals surface area contributed by atoms with Gasteiger partial charge in [-0.05, 0) is 70.1 Å². The van der Waals surface area contributed by atoms with Gasteiger partial charge in [0.05, 0.1) is 24.3 Å². The van der Waals surface area contributed by atoms with E-state index in [4.69, 9.17) is 4.74 Å². The molecule has 0 aliphatic heterocycles. The third kappa shape index (κ3) is 4.58. The molecule has 0 N–H and O–H groups in total. The van der Waals surface area contributed by atoms with Crippen molar-refractivity contribution in [1.82, 2.24) is 9.78 Å². The molecular weight excluding hydrogens is 378 g/mol. The molecule has 30 heavy (non-hydrogen) atoms. The van der Waals surface area contributed by atoms with Gasteiger partial charge in [0.1, 0.15) is 0 Å². The van der Waals surface area contributed by atoms with Gasteiger partial charge in [-0.25, -0.2) is 0 Å². The van der Waals surface area contributed by atoms with Crippen LogP contribution in [0.5, 0.6) is 0 Å². The Morgan fingerprint density at radius 1 is 1.07 bits per heavy atom. The molecule has 2 fully saturated rings. The lowest BCUT2D eigenvalue weighted by molar-refractivity contribution is -0.154. The molecular formula is C24H31N3O3. The van der Waals surface area contributed by atoms with Crippen LogP contribution in [0.25, 0.3) is 11.1 Å². The first-order valence-corrected chi connectivity index (χ1v) is 11.0. The summed E-state index contributed by atoms with van der Waals surface area (Å²) in [5.41, 5.74) is 3.03. The van der Waals surface area contributed by atoms with E-state index in [-0.39, 0.29) is 29.8 Å². The zero-order valence-electron chi connectivity index (χ0n) is 18.1. The number of rotatable bonds is 6. The van der Waals surface area contributed by atoms with Gasteiger partial charge in [-0.3, -0.25) is 14.3 Å². The van der Waals surface area contributed by atoms with Crippen molar-refractivity contribution in [1.29, 1.82) is 0 Å². The fraction of sp³-hybridized carbons (Fsp3) is 0.542. The molecule has 0 saturated heterocycles. The minimum Gasteiger partial charge on any atom is -0.463 e. The lowest BCUT2D eigenvalue weighted by Gasteiger charge is -2.30. The summed E-state index contributed by atoms with van der Waals surface area (Å²) < 4.78 is 7.38. The number of anilines is 1. The molecule has 6 heteroatoms. The molecule has 1 amide bonds. The first-order valence-electron chi connectivity index (χ1n) is 11.0. The number of aromatic nitrogens is 2. The summed E-state index contributed by atoms with van der Waals surface area (Å²) >= 11 is 0. The summed E-state index contributed by atoms with van der Waals surface area (Å²) in [6, 6.07) is 8.62. The van der Waals surface area contributed by atoms with Crippen LogP contribution in [0, 0.1) is 11.8 Å². The Kier molecular flexibility index (Phi) is 5.93. The summed E-state index contributed by atoms with van der Waals surface area (Å²) in [5, 5.41) is 4.48. The summed E-state index contributed by atoms with van der Waals surface area (Å²) in [6.45, 7) is 3.74. The fourth-order valence-electron chi connectivity index (χ4n) is 4.23. The molecule has 1 aromatic heterocycles. The van der Waals surface area contributed by atoms with Gasteiger partial charge >= 0.3 is 5.97 Å². The van der Waals surface area contributed by atoms with Crippen LogP contribution in [0.2, 0.25) is 0 Å². The predicted octanol–water partition coefficient (Wildman–Crippen LogP) is 4.61. The minimum atomic E-state index is -0.122. The quantitative estimate of drug-likeness (QED) is 0.654. The maximum Gasteiger partial charge on any atom is 0.309 e. The first-order chi connectivity index (χ1) is 14.4. The first kappa shape index (κ1) is 20.6. The fourth-order valence-corrected chi connectivity index (χ4v) is 4.23. The van der Waals surface area contributed by atoms with Crippen molar-refractivity contribution in [2.75, 3.05) is 11.9 Å². The van der Waals surface area contributed by atoms with E-state index in [0.717, 1.165) is 42.5 Å². The van der Waals surface area contributed by atoms with E-state index in [0.29, 0.717) is 6.04 Å². The van der Waals surface area contributed by atoms with E-state index >= 15 is 0 Å². The normalized spacial score (nSPS) is 21.5. The zero-order chi connectivity index (χ0) is 21.3. The van der Waals surface area contributed by atoms with Crippen molar-refractivity contribution in [3.8, 4) is 11.1 Å². The molecule has 4 rings (SSSR count). The number of carbonyl (C=O) groups is 2. The number of amides is 1. The van der Waals surface area contributed by atoms with Crippen molar-refractivity contribution in [3.05, 3.63) is 36.7 Å². The number of nitrogens with zero attached hydrogens (tertiary/aromatic N) is 3. The highest BCUT2D eigenvalue weighted by molar-refractivity contribution is 5.95. The number of benzene rings is 1. The van der Waals surface area contributed by atoms with Gasteiger partial charge in [0, 0.05) is 30.4 Å². The van der Waals surface area contributed by atoms with Crippen molar-refractivity contribution in [3.63, 3.8) is 0 Å². The van der Waals surface area contributed by atoms with Crippen molar-refractivity contribution < 1.29 is 14.3 Å². The molecule has 160 valence electrons. The number of esters is 1. The Morgan fingerprint density at radius 2 is 1.77 bits per heavy atom. The number of hydrogen-bond acceptors (Lipinski definition) is 4. The monoisotopic (exact) mass is 409 g/mol. The molecule has 1 aromatic carbocycles. The molecule has 2 aromatic rings. The van der Waals surface area contributed by atoms with Crippen LogP contribution >= 0.6 is 0 Å². The maximum absolute atomic E-state index is 13.1. The predicted molar refractivity (Wildman–Crippen MR) is 116 cm³/mol. The second-order valence-corrected chi connectivity index (χ2v) is 8.92. The largest absolute Gasteiger partial charge is 0.463 e. The molecule has 0 radical (unpaired) electrons. The lowest BCUT2D eigenvalue weighted by Crippen LogP contribution is -2.36. The molecule has 2 saturated carbocycles. The van der Waals surface area contributed by atoms with Gasteiger partial charge in [-0.15, -0.1) is 0 Å². The van der Waals surface area contributed by atoms with Crippen molar-refractivity contribution in [2.24, 2.45) is 11.8 Å². The molecule has 0 spiro atoms. The number of hydrogen-bond donors (Lipinski definition) is 0. The standard InChI is InChI=1S/C24H31N3O3/c1-16(2)30-24(29)18-9-7-17(8-10-18)23(28)26(3)22-6-4-5-19(13-22)20-14-25-27(15-20)21-11-12-21/h4-6,13-18,21H,7-12H2,1-3H3. The second kappa shape index (κ2) is 8.62. The number of ether oxygens (including phenoxy) is 1. The van der Waals surface area contributed by atoms with Gasteiger partial charge in [0.25, 0.3) is 0 Å². The Bertz CT molecular complexity index is 908. The van der Waals surface area contributed by atoms with Gasteiger partial charge in [0.15, 0.2) is 0 Å². The molecule has 0 bridgehead atoms. The summed E-state index contributed by atoms with van der Waals surface area (Å²) in [6.07, 6.45) is 9.21. The van der Waals surface area contributed by atoms with E-state index in [2.05, 4.69) is 23.4 Å². The van der Waals surface area contributed by atoms with Crippen LogP contribution in [-0.2, 0) is 14.3 Å². The van der Waals surface area contributed by atoms with E-state index < -0.39 is 0 Å². The molecule has 0 unspecified atom stereocenters. The van der Waals surface area contributed by atoms with Gasteiger partial charge in [-0.2, -0.15) is 5.10 Å². The summed E-state index contributed by atoms with van der Waals surface area (Å²) in [5.74, 6) is -0.118. The Balaban J connectivity index is 1.39. The average molecular weight is 410 g/mol. The van der Waals surface area contributed by atoms with Crippen LogP contribution in [0.15, 0.2) is 36.7 Å². The highest BCUT2D eigenvalue weighted by Gasteiger charge is 2.32. The van der Waals surface area contributed by atoms with E-state index in [1.54, 1.807) is 4.90 Å². The number of carbonyl (C=O) groups excluding carboxylic acids is 2. The van der Waals surface area contributed by atoms with E-state index in [9.17, 15) is 9.59 Å². The highest BCUT2D eigenvalue weighted by Crippen LogP contribution is 2.36. The molecule has 2 aliphatic rings. The molecule has 1 heterocycles. The third-order valence-corrected chi connectivity index (χ3v) is 6.18. The van der Waals surface area contributed by atoms with Crippen LogP contribution in [0.1, 0.15) is 58.4 Å². The third-order valence-electron chi connectivity index (χ3n) is 6.18. The Morgan fingerprint density at radius 3 is 2.43 bits per heavy atom. The highest BCUT2D eigenvalue weighted by atomic mass is 16.5.